The summed E-state index contributed by atoms with van der Waals surface area (Å²) in [6, 6.07) is 10.5. The summed E-state index contributed by atoms with van der Waals surface area (Å²) in [6.45, 7) is 4.42. The Labute approximate surface area is 118 Å². The maximum atomic E-state index is 13.7. The highest BCUT2D eigenvalue weighted by Crippen LogP contribution is 2.18. The zero-order valence-electron chi connectivity index (χ0n) is 12.0. The van der Waals surface area contributed by atoms with Crippen LogP contribution >= 0.6 is 0 Å². The molecule has 0 radical (unpaired) electrons. The SMILES string of the molecule is COc1cc(C)nc(CNC(C)c2ccccc2F)c1. The van der Waals surface area contributed by atoms with Crippen molar-refractivity contribution in [2.45, 2.75) is 26.4 Å². The van der Waals surface area contributed by atoms with Gasteiger partial charge in [-0.3, -0.25) is 4.98 Å². The van der Waals surface area contributed by atoms with Crippen LogP contribution in [0.2, 0.25) is 0 Å². The average Bonchev–Trinajstić information content (AvgIpc) is 2.44. The first-order valence-corrected chi connectivity index (χ1v) is 6.59. The molecule has 2 aromatic rings. The van der Waals surface area contributed by atoms with Crippen LogP contribution in [0.25, 0.3) is 0 Å². The summed E-state index contributed by atoms with van der Waals surface area (Å²) in [7, 11) is 1.63. The first-order chi connectivity index (χ1) is 9.60. The monoisotopic (exact) mass is 274 g/mol. The van der Waals surface area contributed by atoms with Crippen molar-refractivity contribution in [3.05, 3.63) is 59.2 Å². The van der Waals surface area contributed by atoms with Crippen LogP contribution in [0.15, 0.2) is 36.4 Å². The Morgan fingerprint density at radius 2 is 2.05 bits per heavy atom. The number of aryl methyl sites for hydroxylation is 1. The fraction of sp³-hybridized carbons (Fsp3) is 0.312. The number of hydrogen-bond acceptors (Lipinski definition) is 3. The lowest BCUT2D eigenvalue weighted by molar-refractivity contribution is 0.412. The van der Waals surface area contributed by atoms with Crippen LogP contribution in [0.5, 0.6) is 5.75 Å². The van der Waals surface area contributed by atoms with E-state index in [0.717, 1.165) is 17.1 Å². The zero-order valence-corrected chi connectivity index (χ0v) is 12.0. The summed E-state index contributed by atoms with van der Waals surface area (Å²) in [5.41, 5.74) is 2.44. The molecule has 0 spiro atoms. The zero-order chi connectivity index (χ0) is 14.5. The minimum Gasteiger partial charge on any atom is -0.497 e. The number of hydrogen-bond donors (Lipinski definition) is 1. The number of benzene rings is 1. The summed E-state index contributed by atoms with van der Waals surface area (Å²) < 4.78 is 18.9. The van der Waals surface area contributed by atoms with Crippen molar-refractivity contribution < 1.29 is 9.13 Å². The number of nitrogens with zero attached hydrogens (tertiary/aromatic N) is 1. The van der Waals surface area contributed by atoms with Crippen LogP contribution in [0.1, 0.15) is 29.9 Å². The quantitative estimate of drug-likeness (QED) is 0.907. The van der Waals surface area contributed by atoms with Gasteiger partial charge in [-0.2, -0.15) is 0 Å². The molecule has 0 bridgehead atoms. The van der Waals surface area contributed by atoms with E-state index in [1.807, 2.05) is 32.0 Å². The Morgan fingerprint density at radius 3 is 2.75 bits per heavy atom. The molecule has 1 heterocycles. The highest BCUT2D eigenvalue weighted by atomic mass is 19.1. The second kappa shape index (κ2) is 6.48. The first kappa shape index (κ1) is 14.5. The third kappa shape index (κ3) is 3.54. The minimum atomic E-state index is -0.192. The maximum Gasteiger partial charge on any atom is 0.127 e. The van der Waals surface area contributed by atoms with Gasteiger partial charge in [0.1, 0.15) is 11.6 Å². The van der Waals surface area contributed by atoms with Gasteiger partial charge < -0.3 is 10.1 Å². The molecule has 1 unspecified atom stereocenters. The topological polar surface area (TPSA) is 34.1 Å². The molecule has 0 aliphatic rings. The molecular weight excluding hydrogens is 255 g/mol. The molecule has 4 heteroatoms. The summed E-state index contributed by atoms with van der Waals surface area (Å²) in [4.78, 5) is 4.43. The van der Waals surface area contributed by atoms with Crippen LogP contribution in [-0.2, 0) is 6.54 Å². The van der Waals surface area contributed by atoms with E-state index in [1.165, 1.54) is 6.07 Å². The van der Waals surface area contributed by atoms with Gasteiger partial charge in [0.2, 0.25) is 0 Å². The normalized spacial score (nSPS) is 12.2. The molecule has 0 fully saturated rings. The molecule has 0 saturated heterocycles. The highest BCUT2D eigenvalue weighted by Gasteiger charge is 2.10. The van der Waals surface area contributed by atoms with E-state index in [0.29, 0.717) is 12.1 Å². The van der Waals surface area contributed by atoms with Crippen molar-refractivity contribution in [3.63, 3.8) is 0 Å². The molecule has 0 saturated carbocycles. The van der Waals surface area contributed by atoms with Crippen molar-refractivity contribution in [3.8, 4) is 5.75 Å². The summed E-state index contributed by atoms with van der Waals surface area (Å²) in [5.74, 6) is 0.593. The average molecular weight is 274 g/mol. The predicted octanol–water partition coefficient (Wildman–Crippen LogP) is 3.39. The Kier molecular flexibility index (Phi) is 4.69. The Bertz CT molecular complexity index is 586. The summed E-state index contributed by atoms with van der Waals surface area (Å²) >= 11 is 0. The Hall–Kier alpha value is -1.94. The van der Waals surface area contributed by atoms with Crippen molar-refractivity contribution >= 4 is 0 Å². The van der Waals surface area contributed by atoms with Gasteiger partial charge in [-0.1, -0.05) is 18.2 Å². The molecule has 1 N–H and O–H groups in total. The van der Waals surface area contributed by atoms with E-state index in [-0.39, 0.29) is 11.9 Å². The molecule has 0 aliphatic carbocycles. The lowest BCUT2D eigenvalue weighted by Crippen LogP contribution is -2.20. The molecule has 0 aliphatic heterocycles. The molecule has 2 rings (SSSR count). The molecule has 3 nitrogen and oxygen atoms in total. The maximum absolute atomic E-state index is 13.7. The number of ether oxygens (including phenoxy) is 1. The van der Waals surface area contributed by atoms with Crippen LogP contribution in [0.4, 0.5) is 4.39 Å². The fourth-order valence-electron chi connectivity index (χ4n) is 2.11. The Morgan fingerprint density at radius 1 is 1.30 bits per heavy atom. The Balaban J connectivity index is 2.05. The molecule has 0 amide bonds. The molecule has 1 aromatic carbocycles. The van der Waals surface area contributed by atoms with Crippen molar-refractivity contribution in [1.82, 2.24) is 10.3 Å². The van der Waals surface area contributed by atoms with E-state index in [4.69, 9.17) is 4.74 Å². The summed E-state index contributed by atoms with van der Waals surface area (Å²) in [5, 5.41) is 3.28. The van der Waals surface area contributed by atoms with Gasteiger partial charge in [0.25, 0.3) is 0 Å². The number of rotatable bonds is 5. The van der Waals surface area contributed by atoms with Gasteiger partial charge in [-0.25, -0.2) is 4.39 Å². The largest absolute Gasteiger partial charge is 0.497 e. The third-order valence-corrected chi connectivity index (χ3v) is 3.18. The third-order valence-electron chi connectivity index (χ3n) is 3.18. The van der Waals surface area contributed by atoms with E-state index >= 15 is 0 Å². The van der Waals surface area contributed by atoms with Crippen LogP contribution < -0.4 is 10.1 Å². The molecule has 106 valence electrons. The van der Waals surface area contributed by atoms with Gasteiger partial charge in [0.05, 0.1) is 12.8 Å². The molecule has 1 atom stereocenters. The van der Waals surface area contributed by atoms with Crippen molar-refractivity contribution in [1.29, 1.82) is 0 Å². The van der Waals surface area contributed by atoms with Gasteiger partial charge >= 0.3 is 0 Å². The molecular formula is C16H19FN2O. The van der Waals surface area contributed by atoms with Crippen molar-refractivity contribution in [2.75, 3.05) is 7.11 Å². The van der Waals surface area contributed by atoms with Gasteiger partial charge in [-0.15, -0.1) is 0 Å². The standard InChI is InChI=1S/C16H19FN2O/c1-11-8-14(20-3)9-13(19-11)10-18-12(2)15-6-4-5-7-16(15)17/h4-9,12,18H,10H2,1-3H3. The van der Waals surface area contributed by atoms with E-state index in [9.17, 15) is 4.39 Å². The van der Waals surface area contributed by atoms with Gasteiger partial charge in [0, 0.05) is 36.0 Å². The van der Waals surface area contributed by atoms with E-state index < -0.39 is 0 Å². The summed E-state index contributed by atoms with van der Waals surface area (Å²) in [6.07, 6.45) is 0. The second-order valence-electron chi connectivity index (χ2n) is 4.76. The fourth-order valence-corrected chi connectivity index (χ4v) is 2.11. The molecule has 1 aromatic heterocycles. The number of halogens is 1. The van der Waals surface area contributed by atoms with Crippen molar-refractivity contribution in [2.24, 2.45) is 0 Å². The van der Waals surface area contributed by atoms with Crippen LogP contribution in [0, 0.1) is 12.7 Å². The predicted molar refractivity (Wildman–Crippen MR) is 77.2 cm³/mol. The number of methoxy groups -OCH3 is 1. The van der Waals surface area contributed by atoms with E-state index in [2.05, 4.69) is 10.3 Å². The number of aromatic nitrogens is 1. The van der Waals surface area contributed by atoms with Gasteiger partial charge in [-0.05, 0) is 19.9 Å². The minimum absolute atomic E-state index is 0.0792. The lowest BCUT2D eigenvalue weighted by Gasteiger charge is -2.15. The number of nitrogens with one attached hydrogen (secondary N) is 1. The lowest BCUT2D eigenvalue weighted by atomic mass is 10.1. The number of pyridine rings is 1. The molecule has 20 heavy (non-hydrogen) atoms. The first-order valence-electron chi connectivity index (χ1n) is 6.59. The highest BCUT2D eigenvalue weighted by molar-refractivity contribution is 5.27. The smallest absolute Gasteiger partial charge is 0.127 e. The van der Waals surface area contributed by atoms with Gasteiger partial charge in [0.15, 0.2) is 0 Å². The van der Waals surface area contributed by atoms with E-state index in [1.54, 1.807) is 19.2 Å². The van der Waals surface area contributed by atoms with Crippen LogP contribution in [-0.4, -0.2) is 12.1 Å². The second-order valence-corrected chi connectivity index (χ2v) is 4.76. The van der Waals surface area contributed by atoms with Crippen LogP contribution in [0.3, 0.4) is 0 Å².